The lowest BCUT2D eigenvalue weighted by Crippen LogP contribution is -2.25. The van der Waals surface area contributed by atoms with Crippen LogP contribution in [-0.2, 0) is 16.1 Å². The number of carbonyl (C=O) groups excluding carboxylic acids is 1. The van der Waals surface area contributed by atoms with Crippen LogP contribution in [0.5, 0.6) is 0 Å². The van der Waals surface area contributed by atoms with Crippen molar-refractivity contribution in [1.29, 1.82) is 5.41 Å². The molecule has 1 unspecified atom stereocenters. The van der Waals surface area contributed by atoms with Gasteiger partial charge >= 0.3 is 5.97 Å². The second-order valence-electron chi connectivity index (χ2n) is 4.49. The second kappa shape index (κ2) is 5.78. The van der Waals surface area contributed by atoms with Gasteiger partial charge in [0.15, 0.2) is 0 Å². The molecule has 0 radical (unpaired) electrons. The summed E-state index contributed by atoms with van der Waals surface area (Å²) in [6, 6.07) is 10.1. The van der Waals surface area contributed by atoms with Crippen LogP contribution in [0.15, 0.2) is 30.3 Å². The van der Waals surface area contributed by atoms with Crippen LogP contribution in [0.4, 0.5) is 0 Å². The molecule has 1 saturated heterocycles. The first-order chi connectivity index (χ1) is 8.70. The number of nitrogens with one attached hydrogen (secondary N) is 1. The van der Waals surface area contributed by atoms with Crippen molar-refractivity contribution < 1.29 is 9.53 Å². The third kappa shape index (κ3) is 2.96. The summed E-state index contributed by atoms with van der Waals surface area (Å²) in [7, 11) is 0. The van der Waals surface area contributed by atoms with Crippen molar-refractivity contribution in [3.63, 3.8) is 0 Å². The summed E-state index contributed by atoms with van der Waals surface area (Å²) >= 11 is 0. The van der Waals surface area contributed by atoms with Gasteiger partial charge in [0.1, 0.15) is 5.92 Å². The van der Waals surface area contributed by atoms with Crippen LogP contribution in [0.2, 0.25) is 0 Å². The Bertz CT molecular complexity index is 431. The Morgan fingerprint density at radius 2 is 2.17 bits per heavy atom. The first kappa shape index (κ1) is 12.8. The van der Waals surface area contributed by atoms with Gasteiger partial charge in [-0.1, -0.05) is 30.3 Å². The van der Waals surface area contributed by atoms with Gasteiger partial charge < -0.3 is 10.1 Å². The van der Waals surface area contributed by atoms with Gasteiger partial charge in [0, 0.05) is 25.3 Å². The molecule has 0 amide bonds. The molecule has 4 heteroatoms. The summed E-state index contributed by atoms with van der Waals surface area (Å²) in [5.74, 6) is -0.647. The Kier molecular flexibility index (Phi) is 4.10. The molecule has 1 aromatic rings. The van der Waals surface area contributed by atoms with E-state index in [1.165, 1.54) is 5.56 Å². The van der Waals surface area contributed by atoms with Crippen LogP contribution in [0, 0.1) is 11.3 Å². The molecule has 0 spiro atoms. The topological polar surface area (TPSA) is 53.4 Å². The quantitative estimate of drug-likeness (QED) is 0.823. The SMILES string of the molecule is CCOC(=O)C1CN(Cc2ccccc2)CC1=N. The maximum Gasteiger partial charge on any atom is 0.316 e. The number of carbonyl (C=O) groups is 1. The second-order valence-corrected chi connectivity index (χ2v) is 4.49. The third-order valence-corrected chi connectivity index (χ3v) is 3.08. The summed E-state index contributed by atoms with van der Waals surface area (Å²) in [6.07, 6.45) is 0. The van der Waals surface area contributed by atoms with Crippen LogP contribution in [-0.4, -0.2) is 36.3 Å². The van der Waals surface area contributed by atoms with Crippen LogP contribution >= 0.6 is 0 Å². The van der Waals surface area contributed by atoms with Gasteiger partial charge in [-0.05, 0) is 12.5 Å². The highest BCUT2D eigenvalue weighted by Gasteiger charge is 2.34. The predicted molar refractivity (Wildman–Crippen MR) is 69.6 cm³/mol. The Balaban J connectivity index is 1.94. The summed E-state index contributed by atoms with van der Waals surface area (Å²) in [5.41, 5.74) is 1.67. The maximum absolute atomic E-state index is 11.7. The molecular formula is C14H18N2O2. The van der Waals surface area contributed by atoms with E-state index in [4.69, 9.17) is 10.1 Å². The van der Waals surface area contributed by atoms with E-state index < -0.39 is 0 Å². The predicted octanol–water partition coefficient (Wildman–Crippen LogP) is 1.70. The van der Waals surface area contributed by atoms with E-state index in [2.05, 4.69) is 17.0 Å². The van der Waals surface area contributed by atoms with E-state index in [1.807, 2.05) is 18.2 Å². The van der Waals surface area contributed by atoms with E-state index in [-0.39, 0.29) is 11.9 Å². The van der Waals surface area contributed by atoms with Crippen molar-refractivity contribution in [2.24, 2.45) is 5.92 Å². The third-order valence-electron chi connectivity index (χ3n) is 3.08. The summed E-state index contributed by atoms with van der Waals surface area (Å²) < 4.78 is 4.99. The number of hydrogen-bond acceptors (Lipinski definition) is 4. The van der Waals surface area contributed by atoms with E-state index in [0.717, 1.165) is 6.54 Å². The number of esters is 1. The molecule has 0 saturated carbocycles. The van der Waals surface area contributed by atoms with Crippen LogP contribution in [0.3, 0.4) is 0 Å². The summed E-state index contributed by atoms with van der Waals surface area (Å²) in [5, 5.41) is 7.87. The molecule has 1 atom stereocenters. The molecule has 0 bridgehead atoms. The largest absolute Gasteiger partial charge is 0.465 e. The monoisotopic (exact) mass is 246 g/mol. The van der Waals surface area contributed by atoms with E-state index in [1.54, 1.807) is 6.92 Å². The van der Waals surface area contributed by atoms with Crippen LogP contribution in [0.25, 0.3) is 0 Å². The number of nitrogens with zero attached hydrogens (tertiary/aromatic N) is 1. The molecule has 1 aromatic carbocycles. The van der Waals surface area contributed by atoms with Gasteiger partial charge in [-0.15, -0.1) is 0 Å². The van der Waals surface area contributed by atoms with Crippen molar-refractivity contribution in [3.8, 4) is 0 Å². The highest BCUT2D eigenvalue weighted by molar-refractivity contribution is 6.03. The lowest BCUT2D eigenvalue weighted by atomic mass is 10.1. The van der Waals surface area contributed by atoms with Crippen molar-refractivity contribution in [2.45, 2.75) is 13.5 Å². The van der Waals surface area contributed by atoms with Gasteiger partial charge in [-0.2, -0.15) is 0 Å². The standard InChI is InChI=1S/C14H18N2O2/c1-2-18-14(17)12-9-16(10-13(12)15)8-11-6-4-3-5-7-11/h3-7,12,15H,2,8-10H2,1H3. The Hall–Kier alpha value is -1.68. The first-order valence-electron chi connectivity index (χ1n) is 6.21. The minimum atomic E-state index is -0.381. The van der Waals surface area contributed by atoms with E-state index >= 15 is 0 Å². The molecule has 4 nitrogen and oxygen atoms in total. The van der Waals surface area contributed by atoms with Gasteiger partial charge in [0.05, 0.1) is 6.61 Å². The molecule has 1 N–H and O–H groups in total. The molecular weight excluding hydrogens is 228 g/mol. The average Bonchev–Trinajstić information content (AvgIpc) is 2.72. The lowest BCUT2D eigenvalue weighted by molar-refractivity contribution is -0.145. The van der Waals surface area contributed by atoms with E-state index in [9.17, 15) is 4.79 Å². The zero-order valence-corrected chi connectivity index (χ0v) is 10.6. The Labute approximate surface area is 107 Å². The number of benzene rings is 1. The fraction of sp³-hybridized carbons (Fsp3) is 0.429. The van der Waals surface area contributed by atoms with Crippen molar-refractivity contribution in [3.05, 3.63) is 35.9 Å². The summed E-state index contributed by atoms with van der Waals surface area (Å²) in [4.78, 5) is 13.8. The van der Waals surface area contributed by atoms with Crippen molar-refractivity contribution >= 4 is 11.7 Å². The molecule has 1 aliphatic rings. The molecule has 2 rings (SSSR count). The van der Waals surface area contributed by atoms with Gasteiger partial charge in [0.2, 0.25) is 0 Å². The lowest BCUT2D eigenvalue weighted by Gasteiger charge is -2.14. The Morgan fingerprint density at radius 1 is 1.44 bits per heavy atom. The molecule has 0 aromatic heterocycles. The highest BCUT2D eigenvalue weighted by Crippen LogP contribution is 2.17. The maximum atomic E-state index is 11.7. The first-order valence-corrected chi connectivity index (χ1v) is 6.21. The normalized spacial score (nSPS) is 20.1. The van der Waals surface area contributed by atoms with Crippen LogP contribution in [0.1, 0.15) is 12.5 Å². The van der Waals surface area contributed by atoms with Crippen molar-refractivity contribution in [1.82, 2.24) is 4.90 Å². The molecule has 0 aliphatic carbocycles. The minimum Gasteiger partial charge on any atom is -0.465 e. The van der Waals surface area contributed by atoms with Crippen LogP contribution < -0.4 is 0 Å². The number of ether oxygens (including phenoxy) is 1. The molecule has 1 heterocycles. The number of likely N-dealkylation sites (tertiary alicyclic amines) is 1. The number of rotatable bonds is 4. The molecule has 1 fully saturated rings. The average molecular weight is 246 g/mol. The molecule has 18 heavy (non-hydrogen) atoms. The molecule has 96 valence electrons. The zero-order valence-electron chi connectivity index (χ0n) is 10.6. The van der Waals surface area contributed by atoms with E-state index in [0.29, 0.717) is 25.4 Å². The highest BCUT2D eigenvalue weighted by atomic mass is 16.5. The fourth-order valence-corrected chi connectivity index (χ4v) is 2.21. The molecule has 1 aliphatic heterocycles. The van der Waals surface area contributed by atoms with Gasteiger partial charge in [0.25, 0.3) is 0 Å². The summed E-state index contributed by atoms with van der Waals surface area (Å²) in [6.45, 7) is 4.09. The Morgan fingerprint density at radius 3 is 2.83 bits per heavy atom. The smallest absolute Gasteiger partial charge is 0.316 e. The van der Waals surface area contributed by atoms with Crippen molar-refractivity contribution in [2.75, 3.05) is 19.7 Å². The number of hydrogen-bond donors (Lipinski definition) is 1. The van der Waals surface area contributed by atoms with Gasteiger partial charge in [-0.25, -0.2) is 0 Å². The zero-order chi connectivity index (χ0) is 13.0. The minimum absolute atomic E-state index is 0.266. The van der Waals surface area contributed by atoms with Gasteiger partial charge in [-0.3, -0.25) is 9.69 Å². The fourth-order valence-electron chi connectivity index (χ4n) is 2.21.